The molecule has 1 heterocycles. The molecule has 0 spiro atoms. The molecule has 1 saturated heterocycles. The zero-order chi connectivity index (χ0) is 6.69. The third-order valence-corrected chi connectivity index (χ3v) is 1.54. The number of hydrogen-bond acceptors (Lipinski definition) is 2. The van der Waals surface area contributed by atoms with Gasteiger partial charge in [-0.3, -0.25) is 0 Å². The largest absolute Gasteiger partial charge is 0.382 e. The zero-order valence-corrected chi connectivity index (χ0v) is 5.76. The minimum absolute atomic E-state index is 0.0938. The van der Waals surface area contributed by atoms with Crippen molar-refractivity contribution in [3.63, 3.8) is 0 Å². The number of ether oxygens (including phenoxy) is 1. The van der Waals surface area contributed by atoms with Crippen molar-refractivity contribution < 1.29 is 4.74 Å². The van der Waals surface area contributed by atoms with Gasteiger partial charge in [-0.25, -0.2) is 0 Å². The molecule has 2 radical (unpaired) electrons. The Morgan fingerprint density at radius 1 is 1.67 bits per heavy atom. The van der Waals surface area contributed by atoms with Crippen LogP contribution in [-0.4, -0.2) is 33.0 Å². The highest BCUT2D eigenvalue weighted by atomic mass is 16.5. The van der Waals surface area contributed by atoms with Crippen LogP contribution >= 0.6 is 0 Å². The van der Waals surface area contributed by atoms with Gasteiger partial charge >= 0.3 is 0 Å². The van der Waals surface area contributed by atoms with Gasteiger partial charge in [-0.2, -0.15) is 0 Å². The van der Waals surface area contributed by atoms with E-state index in [1.54, 1.807) is 0 Å². The van der Waals surface area contributed by atoms with Crippen LogP contribution in [0, 0.1) is 0 Å². The van der Waals surface area contributed by atoms with Crippen LogP contribution in [0.5, 0.6) is 0 Å². The first-order valence-corrected chi connectivity index (χ1v) is 3.44. The Kier molecular flexibility index (Phi) is 2.55. The molecular formula is C6H12BNO. The smallest absolute Gasteiger partial charge is 0.110 e. The van der Waals surface area contributed by atoms with E-state index in [0.29, 0.717) is 6.10 Å². The minimum Gasteiger partial charge on any atom is -0.382 e. The summed E-state index contributed by atoms with van der Waals surface area (Å²) in [5, 5.41) is 3.19. The summed E-state index contributed by atoms with van der Waals surface area (Å²) >= 11 is 0. The average molecular weight is 125 g/mol. The molecular weight excluding hydrogens is 113 g/mol. The molecule has 1 aliphatic heterocycles. The quantitative estimate of drug-likeness (QED) is 0.493. The summed E-state index contributed by atoms with van der Waals surface area (Å²) < 4.78 is 5.35. The maximum atomic E-state index is 5.52. The van der Waals surface area contributed by atoms with Crippen LogP contribution in [0.1, 0.15) is 13.3 Å². The van der Waals surface area contributed by atoms with Gasteiger partial charge in [0.25, 0.3) is 0 Å². The van der Waals surface area contributed by atoms with E-state index < -0.39 is 0 Å². The summed E-state index contributed by atoms with van der Waals surface area (Å²) in [7, 11) is 5.52. The molecule has 1 N–H and O–H groups in total. The maximum Gasteiger partial charge on any atom is 0.110 e. The standard InChI is InChI=1S/C6H12BNO/c1-2-5-3-8-4-6(7)9-5/h5-6,8H,2-4H2,1H3. The topological polar surface area (TPSA) is 21.3 Å². The predicted molar refractivity (Wildman–Crippen MR) is 37.6 cm³/mol. The molecule has 0 aromatic carbocycles. The highest BCUT2D eigenvalue weighted by Gasteiger charge is 2.15. The van der Waals surface area contributed by atoms with Gasteiger partial charge in [0.15, 0.2) is 0 Å². The van der Waals surface area contributed by atoms with Crippen LogP contribution < -0.4 is 5.32 Å². The lowest BCUT2D eigenvalue weighted by Gasteiger charge is -2.28. The highest BCUT2D eigenvalue weighted by Crippen LogP contribution is 2.03. The first kappa shape index (κ1) is 7.10. The van der Waals surface area contributed by atoms with E-state index in [1.165, 1.54) is 0 Å². The summed E-state index contributed by atoms with van der Waals surface area (Å²) in [5.74, 6) is 0. The van der Waals surface area contributed by atoms with Gasteiger partial charge in [-0.1, -0.05) is 6.92 Å². The predicted octanol–water partition coefficient (Wildman–Crippen LogP) is -0.121. The first-order chi connectivity index (χ1) is 4.33. The van der Waals surface area contributed by atoms with Crippen LogP contribution in [0.2, 0.25) is 0 Å². The minimum atomic E-state index is -0.0938. The Balaban J connectivity index is 2.23. The molecule has 0 amide bonds. The monoisotopic (exact) mass is 125 g/mol. The second-order valence-electron chi connectivity index (χ2n) is 2.36. The van der Waals surface area contributed by atoms with Crippen molar-refractivity contribution in [3.8, 4) is 0 Å². The normalized spacial score (nSPS) is 36.6. The average Bonchev–Trinajstić information content (AvgIpc) is 1.88. The van der Waals surface area contributed by atoms with Crippen molar-refractivity contribution in [3.05, 3.63) is 0 Å². The fraction of sp³-hybridized carbons (Fsp3) is 1.00. The molecule has 1 rings (SSSR count). The Bertz CT molecular complexity index is 89.1. The third kappa shape index (κ3) is 1.99. The molecule has 3 heteroatoms. The van der Waals surface area contributed by atoms with Crippen LogP contribution in [0.15, 0.2) is 0 Å². The van der Waals surface area contributed by atoms with Gasteiger partial charge in [0.1, 0.15) is 7.85 Å². The molecule has 2 nitrogen and oxygen atoms in total. The van der Waals surface area contributed by atoms with Crippen molar-refractivity contribution in [1.82, 2.24) is 5.32 Å². The molecule has 0 saturated carbocycles. The van der Waals surface area contributed by atoms with Gasteiger partial charge in [0.2, 0.25) is 0 Å². The molecule has 1 fully saturated rings. The Labute approximate surface area is 57.4 Å². The molecule has 2 unspecified atom stereocenters. The van der Waals surface area contributed by atoms with E-state index in [4.69, 9.17) is 12.6 Å². The van der Waals surface area contributed by atoms with Crippen LogP contribution in [-0.2, 0) is 4.74 Å². The fourth-order valence-electron chi connectivity index (χ4n) is 0.971. The SMILES string of the molecule is [B]C1CNCC(CC)O1. The van der Waals surface area contributed by atoms with Crippen LogP contribution in [0.4, 0.5) is 0 Å². The lowest BCUT2D eigenvalue weighted by molar-refractivity contribution is 0.00289. The molecule has 0 aromatic rings. The Hall–Kier alpha value is -0.0151. The molecule has 0 bridgehead atoms. The molecule has 50 valence electrons. The lowest BCUT2D eigenvalue weighted by Crippen LogP contribution is -2.44. The number of morpholine rings is 1. The van der Waals surface area contributed by atoms with Gasteiger partial charge in [0, 0.05) is 19.1 Å². The molecule has 9 heavy (non-hydrogen) atoms. The van der Waals surface area contributed by atoms with Crippen molar-refractivity contribution in [2.24, 2.45) is 0 Å². The van der Waals surface area contributed by atoms with E-state index in [-0.39, 0.29) is 6.00 Å². The van der Waals surface area contributed by atoms with Crippen molar-refractivity contribution in [2.45, 2.75) is 25.5 Å². The highest BCUT2D eigenvalue weighted by molar-refractivity contribution is 6.11. The van der Waals surface area contributed by atoms with E-state index >= 15 is 0 Å². The summed E-state index contributed by atoms with van der Waals surface area (Å²) in [6.07, 6.45) is 1.37. The van der Waals surface area contributed by atoms with Gasteiger partial charge in [-0.15, -0.1) is 0 Å². The van der Waals surface area contributed by atoms with Crippen LogP contribution in [0.3, 0.4) is 0 Å². The van der Waals surface area contributed by atoms with Crippen LogP contribution in [0.25, 0.3) is 0 Å². The second-order valence-corrected chi connectivity index (χ2v) is 2.36. The van der Waals surface area contributed by atoms with Crippen molar-refractivity contribution in [1.29, 1.82) is 0 Å². The number of rotatable bonds is 1. The van der Waals surface area contributed by atoms with Gasteiger partial charge < -0.3 is 10.1 Å². The molecule has 1 aliphatic rings. The second kappa shape index (κ2) is 3.23. The van der Waals surface area contributed by atoms with Gasteiger partial charge in [0.05, 0.1) is 6.10 Å². The Morgan fingerprint density at radius 2 is 2.44 bits per heavy atom. The summed E-state index contributed by atoms with van der Waals surface area (Å²) in [4.78, 5) is 0. The van der Waals surface area contributed by atoms with Crippen molar-refractivity contribution >= 4 is 7.85 Å². The van der Waals surface area contributed by atoms with Crippen molar-refractivity contribution in [2.75, 3.05) is 13.1 Å². The number of hydrogen-bond donors (Lipinski definition) is 1. The first-order valence-electron chi connectivity index (χ1n) is 3.44. The third-order valence-electron chi connectivity index (χ3n) is 1.54. The molecule has 0 aliphatic carbocycles. The van der Waals surface area contributed by atoms with Gasteiger partial charge in [-0.05, 0) is 6.42 Å². The molecule has 2 atom stereocenters. The van der Waals surface area contributed by atoms with E-state index in [1.807, 2.05) is 0 Å². The van der Waals surface area contributed by atoms with E-state index in [9.17, 15) is 0 Å². The lowest BCUT2D eigenvalue weighted by atomic mass is 9.98. The summed E-state index contributed by atoms with van der Waals surface area (Å²) in [5.41, 5.74) is 0. The maximum absolute atomic E-state index is 5.52. The summed E-state index contributed by atoms with van der Waals surface area (Å²) in [6, 6.07) is -0.0938. The number of nitrogens with one attached hydrogen (secondary N) is 1. The molecule has 0 aromatic heterocycles. The summed E-state index contributed by atoms with van der Waals surface area (Å²) in [6.45, 7) is 3.84. The fourth-order valence-corrected chi connectivity index (χ4v) is 0.971. The zero-order valence-electron chi connectivity index (χ0n) is 5.76. The Morgan fingerprint density at radius 3 is 2.89 bits per heavy atom. The van der Waals surface area contributed by atoms with E-state index in [2.05, 4.69) is 12.2 Å². The van der Waals surface area contributed by atoms with E-state index in [0.717, 1.165) is 19.5 Å².